The van der Waals surface area contributed by atoms with Crippen LogP contribution >= 0.6 is 11.6 Å². The van der Waals surface area contributed by atoms with E-state index in [0.29, 0.717) is 23.7 Å². The molecule has 0 aliphatic carbocycles. The molecule has 3 aromatic rings. The lowest BCUT2D eigenvalue weighted by Gasteiger charge is -2.22. The molecule has 1 N–H and O–H groups in total. The summed E-state index contributed by atoms with van der Waals surface area (Å²) < 4.78 is 5.98. The fraction of sp³-hybridized carbons (Fsp3) is 0.222. The smallest absolute Gasteiger partial charge is 0.252 e. The zero-order chi connectivity index (χ0) is 22.3. The SMILES string of the molecule is CC(C)(C)c1ccccc1OCCNC(=O)/C(=C/c1ccccc1Cl)c1ccccc1. The second-order valence-corrected chi connectivity index (χ2v) is 8.70. The molecule has 0 aromatic heterocycles. The van der Waals surface area contributed by atoms with Crippen molar-refractivity contribution in [3.63, 3.8) is 0 Å². The number of ether oxygens (including phenoxy) is 1. The molecule has 0 aliphatic rings. The van der Waals surface area contributed by atoms with Crippen molar-refractivity contribution in [2.24, 2.45) is 0 Å². The van der Waals surface area contributed by atoms with Gasteiger partial charge in [-0.2, -0.15) is 0 Å². The number of hydrogen-bond donors (Lipinski definition) is 1. The van der Waals surface area contributed by atoms with Crippen molar-refractivity contribution >= 4 is 29.2 Å². The molecule has 160 valence electrons. The van der Waals surface area contributed by atoms with Gasteiger partial charge in [-0.15, -0.1) is 0 Å². The first kappa shape index (κ1) is 22.6. The van der Waals surface area contributed by atoms with E-state index >= 15 is 0 Å². The van der Waals surface area contributed by atoms with Gasteiger partial charge in [0.25, 0.3) is 5.91 Å². The third kappa shape index (κ3) is 6.22. The normalized spacial score (nSPS) is 11.8. The Morgan fingerprint density at radius 3 is 2.29 bits per heavy atom. The molecule has 0 atom stereocenters. The van der Waals surface area contributed by atoms with Gasteiger partial charge in [0, 0.05) is 10.6 Å². The van der Waals surface area contributed by atoms with E-state index in [9.17, 15) is 4.79 Å². The van der Waals surface area contributed by atoms with Gasteiger partial charge in [-0.3, -0.25) is 4.79 Å². The number of halogens is 1. The van der Waals surface area contributed by atoms with E-state index < -0.39 is 0 Å². The van der Waals surface area contributed by atoms with E-state index in [0.717, 1.165) is 22.4 Å². The van der Waals surface area contributed by atoms with E-state index in [1.807, 2.05) is 78.9 Å². The van der Waals surface area contributed by atoms with Gasteiger partial charge in [-0.1, -0.05) is 99.1 Å². The van der Waals surface area contributed by atoms with Crippen LogP contribution in [0, 0.1) is 0 Å². The maximum absolute atomic E-state index is 13.0. The van der Waals surface area contributed by atoms with E-state index in [-0.39, 0.29) is 11.3 Å². The average Bonchev–Trinajstić information content (AvgIpc) is 2.76. The average molecular weight is 434 g/mol. The van der Waals surface area contributed by atoms with Gasteiger partial charge in [0.05, 0.1) is 6.54 Å². The molecule has 3 rings (SSSR count). The highest BCUT2D eigenvalue weighted by atomic mass is 35.5. The predicted molar refractivity (Wildman–Crippen MR) is 129 cm³/mol. The van der Waals surface area contributed by atoms with Crippen LogP contribution in [0.3, 0.4) is 0 Å². The van der Waals surface area contributed by atoms with Gasteiger partial charge in [-0.05, 0) is 40.3 Å². The van der Waals surface area contributed by atoms with Crippen molar-refractivity contribution in [2.45, 2.75) is 26.2 Å². The Morgan fingerprint density at radius 2 is 1.58 bits per heavy atom. The van der Waals surface area contributed by atoms with Crippen LogP contribution in [0.15, 0.2) is 78.9 Å². The second-order valence-electron chi connectivity index (χ2n) is 8.30. The highest BCUT2D eigenvalue weighted by molar-refractivity contribution is 6.33. The highest BCUT2D eigenvalue weighted by Crippen LogP contribution is 2.30. The van der Waals surface area contributed by atoms with Crippen LogP contribution in [-0.4, -0.2) is 19.1 Å². The molecule has 3 aromatic carbocycles. The van der Waals surface area contributed by atoms with E-state index in [1.165, 1.54) is 0 Å². The first-order valence-corrected chi connectivity index (χ1v) is 10.8. The number of amides is 1. The maximum Gasteiger partial charge on any atom is 0.252 e. The van der Waals surface area contributed by atoms with Gasteiger partial charge in [-0.25, -0.2) is 0 Å². The van der Waals surface area contributed by atoms with Crippen LogP contribution in [0.5, 0.6) is 5.75 Å². The van der Waals surface area contributed by atoms with Gasteiger partial charge in [0.15, 0.2) is 0 Å². The summed E-state index contributed by atoms with van der Waals surface area (Å²) in [4.78, 5) is 13.0. The molecule has 0 spiro atoms. The Kier molecular flexibility index (Phi) is 7.54. The van der Waals surface area contributed by atoms with Gasteiger partial charge in [0.2, 0.25) is 0 Å². The van der Waals surface area contributed by atoms with Gasteiger partial charge < -0.3 is 10.1 Å². The summed E-state index contributed by atoms with van der Waals surface area (Å²) in [6, 6.07) is 25.1. The first-order valence-electron chi connectivity index (χ1n) is 10.4. The van der Waals surface area contributed by atoms with Crippen LogP contribution < -0.4 is 10.1 Å². The highest BCUT2D eigenvalue weighted by Gasteiger charge is 2.18. The standard InChI is InChI=1S/C27H28ClNO2/c1-27(2,3)23-14-8-10-16-25(23)31-18-17-29-26(30)22(20-11-5-4-6-12-20)19-21-13-7-9-15-24(21)28/h4-16,19H,17-18H2,1-3H3,(H,29,30)/b22-19+. The van der Waals surface area contributed by atoms with E-state index in [4.69, 9.17) is 16.3 Å². The Morgan fingerprint density at radius 1 is 0.935 bits per heavy atom. The Balaban J connectivity index is 1.71. The largest absolute Gasteiger partial charge is 0.491 e. The number of benzene rings is 3. The predicted octanol–water partition coefficient (Wildman–Crippen LogP) is 6.37. The molecule has 0 saturated carbocycles. The summed E-state index contributed by atoms with van der Waals surface area (Å²) in [5.74, 6) is 0.679. The van der Waals surface area contributed by atoms with Crippen molar-refractivity contribution in [3.8, 4) is 5.75 Å². The molecule has 0 saturated heterocycles. The zero-order valence-electron chi connectivity index (χ0n) is 18.2. The number of rotatable bonds is 7. The van der Waals surface area contributed by atoms with Crippen molar-refractivity contribution in [2.75, 3.05) is 13.2 Å². The summed E-state index contributed by atoms with van der Waals surface area (Å²) in [5, 5.41) is 3.58. The van der Waals surface area contributed by atoms with Crippen LogP contribution in [0.2, 0.25) is 5.02 Å². The first-order chi connectivity index (χ1) is 14.9. The number of hydrogen-bond acceptors (Lipinski definition) is 2. The lowest BCUT2D eigenvalue weighted by atomic mass is 9.86. The summed E-state index contributed by atoms with van der Waals surface area (Å²) in [7, 11) is 0. The van der Waals surface area contributed by atoms with Crippen LogP contribution in [-0.2, 0) is 10.2 Å². The topological polar surface area (TPSA) is 38.3 Å². The molecule has 0 fully saturated rings. The summed E-state index contributed by atoms with van der Waals surface area (Å²) in [6.45, 7) is 7.24. The summed E-state index contributed by atoms with van der Waals surface area (Å²) in [5.41, 5.74) is 3.32. The minimum absolute atomic E-state index is 0.0159. The lowest BCUT2D eigenvalue weighted by molar-refractivity contribution is -0.115. The fourth-order valence-corrected chi connectivity index (χ4v) is 3.47. The van der Waals surface area contributed by atoms with Crippen LogP contribution in [0.4, 0.5) is 0 Å². The molecule has 0 unspecified atom stereocenters. The van der Waals surface area contributed by atoms with Gasteiger partial charge in [0.1, 0.15) is 12.4 Å². The Labute approximate surface area is 189 Å². The minimum Gasteiger partial charge on any atom is -0.491 e. The number of carbonyl (C=O) groups excluding carboxylic acids is 1. The molecule has 3 nitrogen and oxygen atoms in total. The van der Waals surface area contributed by atoms with Crippen molar-refractivity contribution in [1.82, 2.24) is 5.32 Å². The quantitative estimate of drug-likeness (QED) is 0.267. The molecular weight excluding hydrogens is 406 g/mol. The molecule has 0 heterocycles. The van der Waals surface area contributed by atoms with E-state index in [2.05, 4.69) is 32.2 Å². The van der Waals surface area contributed by atoms with Crippen LogP contribution in [0.25, 0.3) is 11.6 Å². The monoisotopic (exact) mass is 433 g/mol. The second kappa shape index (κ2) is 10.3. The van der Waals surface area contributed by atoms with E-state index in [1.54, 1.807) is 0 Å². The molecule has 4 heteroatoms. The van der Waals surface area contributed by atoms with Crippen molar-refractivity contribution in [3.05, 3.63) is 101 Å². The lowest BCUT2D eigenvalue weighted by Crippen LogP contribution is -2.29. The molecule has 0 bridgehead atoms. The zero-order valence-corrected chi connectivity index (χ0v) is 18.9. The Bertz CT molecular complexity index is 1050. The van der Waals surface area contributed by atoms with Crippen molar-refractivity contribution in [1.29, 1.82) is 0 Å². The third-order valence-electron chi connectivity index (χ3n) is 4.87. The van der Waals surface area contributed by atoms with Crippen LogP contribution in [0.1, 0.15) is 37.5 Å². The summed E-state index contributed by atoms with van der Waals surface area (Å²) >= 11 is 6.31. The number of para-hydroxylation sites is 1. The molecule has 1 amide bonds. The molecule has 31 heavy (non-hydrogen) atoms. The fourth-order valence-electron chi connectivity index (χ4n) is 3.28. The summed E-state index contributed by atoms with van der Waals surface area (Å²) in [6.07, 6.45) is 1.82. The maximum atomic E-state index is 13.0. The van der Waals surface area contributed by atoms with Gasteiger partial charge >= 0.3 is 0 Å². The van der Waals surface area contributed by atoms with Crippen molar-refractivity contribution < 1.29 is 9.53 Å². The molecular formula is C27H28ClNO2. The Hall–Kier alpha value is -3.04. The minimum atomic E-state index is -0.168. The molecule has 0 aliphatic heterocycles. The third-order valence-corrected chi connectivity index (χ3v) is 5.22. The number of carbonyl (C=O) groups is 1. The molecule has 0 radical (unpaired) electrons. The number of nitrogens with one attached hydrogen (secondary N) is 1.